The van der Waals surface area contributed by atoms with E-state index in [1.165, 1.54) is 0 Å². The van der Waals surface area contributed by atoms with Gasteiger partial charge >= 0.3 is 0 Å². The summed E-state index contributed by atoms with van der Waals surface area (Å²) in [5.41, 5.74) is 5.03. The lowest BCUT2D eigenvalue weighted by Gasteiger charge is -2.26. The average molecular weight is 225 g/mol. The quantitative estimate of drug-likeness (QED) is 0.642. The van der Waals surface area contributed by atoms with E-state index in [2.05, 4.69) is 5.32 Å². The van der Waals surface area contributed by atoms with Crippen molar-refractivity contribution in [3.8, 4) is 0 Å². The fraction of sp³-hybridized carbons (Fsp3) is 0.889. The van der Waals surface area contributed by atoms with Crippen molar-refractivity contribution >= 4 is 18.3 Å². The highest BCUT2D eigenvalue weighted by molar-refractivity contribution is 5.85. The second kappa shape index (κ2) is 6.22. The molecule has 14 heavy (non-hydrogen) atoms. The van der Waals surface area contributed by atoms with Crippen LogP contribution in [0.25, 0.3) is 0 Å². The number of carbonyl (C=O) groups is 1. The van der Waals surface area contributed by atoms with Crippen molar-refractivity contribution in [2.75, 3.05) is 6.61 Å². The van der Waals surface area contributed by atoms with Crippen LogP contribution in [0.5, 0.6) is 0 Å². The van der Waals surface area contributed by atoms with Gasteiger partial charge < -0.3 is 16.2 Å². The van der Waals surface area contributed by atoms with Gasteiger partial charge in [-0.15, -0.1) is 12.4 Å². The summed E-state index contributed by atoms with van der Waals surface area (Å²) < 4.78 is 0. The number of amides is 1. The summed E-state index contributed by atoms with van der Waals surface area (Å²) in [6, 6.07) is -0.508. The van der Waals surface area contributed by atoms with Gasteiger partial charge in [0.25, 0.3) is 0 Å². The summed E-state index contributed by atoms with van der Waals surface area (Å²) in [4.78, 5) is 11.4. The standard InChI is InChI=1S/C9H20N2O2.ClH/c1-6(2)7(10)8(13)11-9(3,4)5-12;/h6-7,12H,5,10H2,1-4H3,(H,11,13);1H. The first-order chi connectivity index (χ1) is 5.80. The van der Waals surface area contributed by atoms with Crippen LogP contribution in [-0.2, 0) is 4.79 Å². The lowest BCUT2D eigenvalue weighted by molar-refractivity contribution is -0.125. The van der Waals surface area contributed by atoms with Gasteiger partial charge in [0, 0.05) is 0 Å². The van der Waals surface area contributed by atoms with Crippen molar-refractivity contribution in [1.82, 2.24) is 5.32 Å². The van der Waals surface area contributed by atoms with Crippen molar-refractivity contribution in [1.29, 1.82) is 0 Å². The summed E-state index contributed by atoms with van der Waals surface area (Å²) in [7, 11) is 0. The Morgan fingerprint density at radius 2 is 1.93 bits per heavy atom. The predicted octanol–water partition coefficient (Wildman–Crippen LogP) is 0.279. The molecule has 0 radical (unpaired) electrons. The molecule has 0 aromatic carbocycles. The number of carbonyl (C=O) groups excluding carboxylic acids is 1. The first-order valence-electron chi connectivity index (χ1n) is 4.48. The van der Waals surface area contributed by atoms with E-state index < -0.39 is 11.6 Å². The Labute approximate surface area is 91.7 Å². The van der Waals surface area contributed by atoms with E-state index in [4.69, 9.17) is 10.8 Å². The summed E-state index contributed by atoms with van der Waals surface area (Å²) in [5.74, 6) is -0.108. The third kappa shape index (κ3) is 5.42. The smallest absolute Gasteiger partial charge is 0.237 e. The van der Waals surface area contributed by atoms with Crippen LogP contribution in [0.3, 0.4) is 0 Å². The van der Waals surface area contributed by atoms with Gasteiger partial charge in [0.15, 0.2) is 0 Å². The fourth-order valence-corrected chi connectivity index (χ4v) is 0.759. The molecule has 1 amide bonds. The molecule has 0 aliphatic carbocycles. The third-order valence-corrected chi connectivity index (χ3v) is 1.88. The SMILES string of the molecule is CC(C)C(N)C(=O)NC(C)(C)CO.Cl. The molecule has 0 saturated carbocycles. The minimum atomic E-state index is -0.594. The number of halogens is 1. The lowest BCUT2D eigenvalue weighted by atomic mass is 10.0. The Bertz CT molecular complexity index is 184. The molecule has 0 heterocycles. The van der Waals surface area contributed by atoms with Gasteiger partial charge in [-0.05, 0) is 19.8 Å². The molecular formula is C9H21ClN2O2. The van der Waals surface area contributed by atoms with Crippen molar-refractivity contribution < 1.29 is 9.90 Å². The normalized spacial score (nSPS) is 13.4. The van der Waals surface area contributed by atoms with Gasteiger partial charge in [-0.25, -0.2) is 0 Å². The van der Waals surface area contributed by atoms with Gasteiger partial charge in [0.05, 0.1) is 18.2 Å². The molecule has 0 spiro atoms. The molecule has 5 heteroatoms. The van der Waals surface area contributed by atoms with Crippen LogP contribution in [0.4, 0.5) is 0 Å². The van der Waals surface area contributed by atoms with Crippen molar-refractivity contribution in [3.63, 3.8) is 0 Å². The van der Waals surface area contributed by atoms with Crippen LogP contribution < -0.4 is 11.1 Å². The molecule has 1 atom stereocenters. The molecule has 86 valence electrons. The molecule has 0 aliphatic rings. The molecule has 0 fully saturated rings. The largest absolute Gasteiger partial charge is 0.394 e. The topological polar surface area (TPSA) is 75.4 Å². The molecule has 0 saturated heterocycles. The highest BCUT2D eigenvalue weighted by atomic mass is 35.5. The molecular weight excluding hydrogens is 204 g/mol. The van der Waals surface area contributed by atoms with Crippen LogP contribution >= 0.6 is 12.4 Å². The molecule has 0 rings (SSSR count). The van der Waals surface area contributed by atoms with E-state index in [-0.39, 0.29) is 30.8 Å². The minimum Gasteiger partial charge on any atom is -0.394 e. The second-order valence-electron chi connectivity index (χ2n) is 4.30. The minimum absolute atomic E-state index is 0. The molecule has 0 aromatic heterocycles. The summed E-state index contributed by atoms with van der Waals surface area (Å²) in [6.07, 6.45) is 0. The van der Waals surface area contributed by atoms with Crippen LogP contribution in [0.1, 0.15) is 27.7 Å². The lowest BCUT2D eigenvalue weighted by Crippen LogP contribution is -2.53. The summed E-state index contributed by atoms with van der Waals surface area (Å²) >= 11 is 0. The molecule has 1 unspecified atom stereocenters. The summed E-state index contributed by atoms with van der Waals surface area (Å²) in [5, 5.41) is 11.6. The third-order valence-electron chi connectivity index (χ3n) is 1.88. The Hall–Kier alpha value is -0.320. The van der Waals surface area contributed by atoms with E-state index in [1.54, 1.807) is 13.8 Å². The predicted molar refractivity (Wildman–Crippen MR) is 59.4 cm³/mol. The number of aliphatic hydroxyl groups excluding tert-OH is 1. The van der Waals surface area contributed by atoms with Crippen LogP contribution in [0.15, 0.2) is 0 Å². The summed E-state index contributed by atoms with van der Waals surface area (Å²) in [6.45, 7) is 7.17. The van der Waals surface area contributed by atoms with E-state index in [0.717, 1.165) is 0 Å². The number of aliphatic hydroxyl groups is 1. The zero-order valence-electron chi connectivity index (χ0n) is 9.20. The van der Waals surface area contributed by atoms with Crippen LogP contribution in [-0.4, -0.2) is 29.2 Å². The maximum absolute atomic E-state index is 11.4. The highest BCUT2D eigenvalue weighted by Gasteiger charge is 2.24. The second-order valence-corrected chi connectivity index (χ2v) is 4.30. The number of hydrogen-bond donors (Lipinski definition) is 3. The maximum atomic E-state index is 11.4. The van der Waals surface area contributed by atoms with E-state index >= 15 is 0 Å². The van der Waals surface area contributed by atoms with Crippen molar-refractivity contribution in [2.45, 2.75) is 39.3 Å². The Balaban J connectivity index is 0. The number of nitrogens with one attached hydrogen (secondary N) is 1. The van der Waals surface area contributed by atoms with E-state index in [9.17, 15) is 4.79 Å². The van der Waals surface area contributed by atoms with Crippen LogP contribution in [0.2, 0.25) is 0 Å². The highest BCUT2D eigenvalue weighted by Crippen LogP contribution is 2.03. The monoisotopic (exact) mass is 224 g/mol. The Morgan fingerprint density at radius 1 is 1.50 bits per heavy atom. The first kappa shape index (κ1) is 16.1. The molecule has 0 aromatic rings. The van der Waals surface area contributed by atoms with Gasteiger partial charge in [0.1, 0.15) is 0 Å². The average Bonchev–Trinajstić information content (AvgIpc) is 2.02. The zero-order valence-corrected chi connectivity index (χ0v) is 10.0. The molecule has 0 aliphatic heterocycles. The number of hydrogen-bond acceptors (Lipinski definition) is 3. The Morgan fingerprint density at radius 3 is 2.21 bits per heavy atom. The Kier molecular flexibility index (Phi) is 7.16. The van der Waals surface area contributed by atoms with Crippen molar-refractivity contribution in [3.05, 3.63) is 0 Å². The van der Waals surface area contributed by atoms with Gasteiger partial charge in [-0.2, -0.15) is 0 Å². The van der Waals surface area contributed by atoms with Gasteiger partial charge in [0.2, 0.25) is 5.91 Å². The van der Waals surface area contributed by atoms with E-state index in [0.29, 0.717) is 0 Å². The first-order valence-corrected chi connectivity index (χ1v) is 4.48. The van der Waals surface area contributed by atoms with E-state index in [1.807, 2.05) is 13.8 Å². The van der Waals surface area contributed by atoms with Gasteiger partial charge in [-0.3, -0.25) is 4.79 Å². The maximum Gasteiger partial charge on any atom is 0.237 e. The molecule has 0 bridgehead atoms. The molecule has 4 N–H and O–H groups in total. The fourth-order valence-electron chi connectivity index (χ4n) is 0.759. The zero-order chi connectivity index (χ0) is 10.6. The van der Waals surface area contributed by atoms with Crippen molar-refractivity contribution in [2.24, 2.45) is 11.7 Å². The van der Waals surface area contributed by atoms with Gasteiger partial charge in [-0.1, -0.05) is 13.8 Å². The number of rotatable bonds is 4. The molecule has 4 nitrogen and oxygen atoms in total. The number of nitrogens with two attached hydrogens (primary N) is 1. The van der Waals surface area contributed by atoms with Crippen LogP contribution in [0, 0.1) is 5.92 Å².